The lowest BCUT2D eigenvalue weighted by atomic mass is 10.1. The van der Waals surface area contributed by atoms with Crippen LogP contribution in [0.4, 0.5) is 0 Å². The molecule has 122 valence electrons. The Labute approximate surface area is 138 Å². The number of aromatic nitrogens is 1. The topological polar surface area (TPSA) is 28.5 Å². The highest BCUT2D eigenvalue weighted by molar-refractivity contribution is 5.94. The van der Waals surface area contributed by atoms with Crippen LogP contribution < -0.4 is 0 Å². The van der Waals surface area contributed by atoms with Crippen LogP contribution in [0.5, 0.6) is 0 Å². The van der Waals surface area contributed by atoms with Gasteiger partial charge < -0.3 is 14.4 Å². The second-order valence-electron chi connectivity index (χ2n) is 6.22. The molecule has 0 aliphatic carbocycles. The molecule has 1 aromatic heterocycles. The zero-order valence-electron chi connectivity index (χ0n) is 14.2. The lowest BCUT2D eigenvalue weighted by molar-refractivity contribution is 0.0643. The molecule has 1 aliphatic heterocycles. The Balaban J connectivity index is 1.74. The average Bonchev–Trinajstić information content (AvgIpc) is 2.93. The zero-order chi connectivity index (χ0) is 16.4. The molecule has 23 heavy (non-hydrogen) atoms. The van der Waals surface area contributed by atoms with Crippen molar-refractivity contribution in [3.05, 3.63) is 53.3 Å². The molecule has 0 atom stereocenters. The SMILES string of the molecule is CCN1CCN(C(=O)c2ccc(-n3c(C)ccc3C)cc2)CC1. The summed E-state index contributed by atoms with van der Waals surface area (Å²) in [6, 6.07) is 12.2. The first kappa shape index (κ1) is 15.8. The summed E-state index contributed by atoms with van der Waals surface area (Å²) in [6.45, 7) is 11.0. The predicted octanol–water partition coefficient (Wildman–Crippen LogP) is 2.87. The van der Waals surface area contributed by atoms with Gasteiger partial charge in [0.15, 0.2) is 0 Å². The summed E-state index contributed by atoms with van der Waals surface area (Å²) in [5.41, 5.74) is 4.30. The van der Waals surface area contributed by atoms with Crippen LogP contribution in [-0.2, 0) is 0 Å². The highest BCUT2D eigenvalue weighted by Gasteiger charge is 2.21. The number of rotatable bonds is 3. The molecule has 1 aliphatic rings. The molecule has 4 heteroatoms. The summed E-state index contributed by atoms with van der Waals surface area (Å²) in [7, 11) is 0. The van der Waals surface area contributed by atoms with E-state index in [1.54, 1.807) is 0 Å². The zero-order valence-corrected chi connectivity index (χ0v) is 14.2. The van der Waals surface area contributed by atoms with Gasteiger partial charge in [0.05, 0.1) is 0 Å². The Kier molecular flexibility index (Phi) is 4.53. The van der Waals surface area contributed by atoms with Gasteiger partial charge in [-0.05, 0) is 56.8 Å². The summed E-state index contributed by atoms with van der Waals surface area (Å²) in [4.78, 5) is 17.0. The normalized spacial score (nSPS) is 15.9. The molecule has 0 unspecified atom stereocenters. The molecule has 2 heterocycles. The van der Waals surface area contributed by atoms with E-state index in [2.05, 4.69) is 42.4 Å². The van der Waals surface area contributed by atoms with E-state index < -0.39 is 0 Å². The van der Waals surface area contributed by atoms with Gasteiger partial charge in [0.1, 0.15) is 0 Å². The van der Waals surface area contributed by atoms with E-state index in [1.807, 2.05) is 29.2 Å². The third-order valence-corrected chi connectivity index (χ3v) is 4.75. The summed E-state index contributed by atoms with van der Waals surface area (Å²) in [6.07, 6.45) is 0. The first-order chi connectivity index (χ1) is 11.1. The second-order valence-corrected chi connectivity index (χ2v) is 6.22. The highest BCUT2D eigenvalue weighted by Crippen LogP contribution is 2.18. The molecule has 3 rings (SSSR count). The van der Waals surface area contributed by atoms with Crippen LogP contribution in [0.1, 0.15) is 28.7 Å². The van der Waals surface area contributed by atoms with Crippen molar-refractivity contribution < 1.29 is 4.79 Å². The summed E-state index contributed by atoms with van der Waals surface area (Å²) >= 11 is 0. The fourth-order valence-corrected chi connectivity index (χ4v) is 3.28. The standard InChI is InChI=1S/C19H25N3O/c1-4-20-11-13-21(14-12-20)19(23)17-7-9-18(10-8-17)22-15(2)5-6-16(22)3/h5-10H,4,11-14H2,1-3H3. The molecule has 0 bridgehead atoms. The van der Waals surface area contributed by atoms with Crippen molar-refractivity contribution in [1.29, 1.82) is 0 Å². The van der Waals surface area contributed by atoms with Crippen LogP contribution in [0.2, 0.25) is 0 Å². The number of carbonyl (C=O) groups is 1. The van der Waals surface area contributed by atoms with Crippen molar-refractivity contribution in [2.24, 2.45) is 0 Å². The molecular weight excluding hydrogens is 286 g/mol. The molecule has 0 spiro atoms. The molecule has 1 saturated heterocycles. The van der Waals surface area contributed by atoms with Gasteiger partial charge in [-0.25, -0.2) is 0 Å². The quantitative estimate of drug-likeness (QED) is 0.872. The lowest BCUT2D eigenvalue weighted by Crippen LogP contribution is -2.48. The predicted molar refractivity (Wildman–Crippen MR) is 93.3 cm³/mol. The van der Waals surface area contributed by atoms with Crippen LogP contribution in [0.3, 0.4) is 0 Å². The minimum Gasteiger partial charge on any atom is -0.336 e. The smallest absolute Gasteiger partial charge is 0.253 e. The summed E-state index contributed by atoms with van der Waals surface area (Å²) < 4.78 is 2.20. The van der Waals surface area contributed by atoms with Crippen molar-refractivity contribution in [2.75, 3.05) is 32.7 Å². The van der Waals surface area contributed by atoms with Crippen LogP contribution >= 0.6 is 0 Å². The minimum absolute atomic E-state index is 0.147. The van der Waals surface area contributed by atoms with Gasteiger partial charge in [0.2, 0.25) is 0 Å². The number of aryl methyl sites for hydroxylation is 2. The van der Waals surface area contributed by atoms with E-state index in [0.717, 1.165) is 44.0 Å². The van der Waals surface area contributed by atoms with Crippen molar-refractivity contribution in [3.63, 3.8) is 0 Å². The number of carbonyl (C=O) groups excluding carboxylic acids is 1. The van der Waals surface area contributed by atoms with E-state index in [1.165, 1.54) is 11.4 Å². The summed E-state index contributed by atoms with van der Waals surface area (Å²) in [5, 5.41) is 0. The Morgan fingerprint density at radius 3 is 2.00 bits per heavy atom. The Morgan fingerprint density at radius 1 is 0.913 bits per heavy atom. The monoisotopic (exact) mass is 311 g/mol. The fraction of sp³-hybridized carbons (Fsp3) is 0.421. The maximum Gasteiger partial charge on any atom is 0.253 e. The van der Waals surface area contributed by atoms with E-state index >= 15 is 0 Å². The molecule has 0 radical (unpaired) electrons. The van der Waals surface area contributed by atoms with Crippen LogP contribution in [0.15, 0.2) is 36.4 Å². The van der Waals surface area contributed by atoms with Crippen LogP contribution in [-0.4, -0.2) is 53.0 Å². The number of hydrogen-bond acceptors (Lipinski definition) is 2. The molecule has 0 saturated carbocycles. The van der Waals surface area contributed by atoms with E-state index in [4.69, 9.17) is 0 Å². The van der Waals surface area contributed by atoms with Gasteiger partial charge in [0, 0.05) is 48.8 Å². The third kappa shape index (κ3) is 3.17. The van der Waals surface area contributed by atoms with Crippen LogP contribution in [0, 0.1) is 13.8 Å². The van der Waals surface area contributed by atoms with E-state index in [9.17, 15) is 4.79 Å². The number of likely N-dealkylation sites (N-methyl/N-ethyl adjacent to an activating group) is 1. The van der Waals surface area contributed by atoms with Gasteiger partial charge in [-0.1, -0.05) is 6.92 Å². The van der Waals surface area contributed by atoms with Crippen molar-refractivity contribution >= 4 is 5.91 Å². The van der Waals surface area contributed by atoms with Crippen molar-refractivity contribution in [1.82, 2.24) is 14.4 Å². The Hall–Kier alpha value is -2.07. The van der Waals surface area contributed by atoms with Crippen molar-refractivity contribution in [2.45, 2.75) is 20.8 Å². The first-order valence-electron chi connectivity index (χ1n) is 8.37. The highest BCUT2D eigenvalue weighted by atomic mass is 16.2. The Bertz CT molecular complexity index is 660. The Morgan fingerprint density at radius 2 is 1.48 bits per heavy atom. The second kappa shape index (κ2) is 6.59. The molecule has 0 N–H and O–H groups in total. The van der Waals surface area contributed by atoms with E-state index in [-0.39, 0.29) is 5.91 Å². The van der Waals surface area contributed by atoms with Gasteiger partial charge in [-0.15, -0.1) is 0 Å². The minimum atomic E-state index is 0.147. The number of amides is 1. The molecule has 1 amide bonds. The van der Waals surface area contributed by atoms with Gasteiger partial charge in [0.25, 0.3) is 5.91 Å². The molecule has 2 aromatic rings. The number of nitrogens with zero attached hydrogens (tertiary/aromatic N) is 3. The number of piperazine rings is 1. The largest absolute Gasteiger partial charge is 0.336 e. The number of hydrogen-bond donors (Lipinski definition) is 0. The number of benzene rings is 1. The maximum absolute atomic E-state index is 12.6. The van der Waals surface area contributed by atoms with Crippen LogP contribution in [0.25, 0.3) is 5.69 Å². The maximum atomic E-state index is 12.6. The average molecular weight is 311 g/mol. The van der Waals surface area contributed by atoms with E-state index in [0.29, 0.717) is 0 Å². The van der Waals surface area contributed by atoms with Gasteiger partial charge >= 0.3 is 0 Å². The third-order valence-electron chi connectivity index (χ3n) is 4.75. The molecular formula is C19H25N3O. The summed E-state index contributed by atoms with van der Waals surface area (Å²) in [5.74, 6) is 0.147. The van der Waals surface area contributed by atoms with Crippen molar-refractivity contribution in [3.8, 4) is 5.69 Å². The molecule has 4 nitrogen and oxygen atoms in total. The van der Waals surface area contributed by atoms with Gasteiger partial charge in [-0.2, -0.15) is 0 Å². The van der Waals surface area contributed by atoms with Gasteiger partial charge in [-0.3, -0.25) is 4.79 Å². The first-order valence-corrected chi connectivity index (χ1v) is 8.37. The fourth-order valence-electron chi connectivity index (χ4n) is 3.28. The molecule has 1 fully saturated rings. The molecule has 1 aromatic carbocycles. The lowest BCUT2D eigenvalue weighted by Gasteiger charge is -2.34.